The Morgan fingerprint density at radius 3 is 2.77 bits per heavy atom. The Morgan fingerprint density at radius 1 is 1.27 bits per heavy atom. The average molecular weight is 302 g/mol. The quantitative estimate of drug-likeness (QED) is 0.787. The molecule has 2 rings (SSSR count). The summed E-state index contributed by atoms with van der Waals surface area (Å²) in [5.74, 6) is -0.536. The number of hydrogen-bond acceptors (Lipinski definition) is 7. The average Bonchev–Trinajstić information content (AvgIpc) is 2.53. The third-order valence-electron chi connectivity index (χ3n) is 2.62. The number of ether oxygens (including phenoxy) is 2. The zero-order valence-corrected chi connectivity index (χ0v) is 11.8. The van der Waals surface area contributed by atoms with E-state index in [2.05, 4.69) is 20.0 Å². The summed E-state index contributed by atoms with van der Waals surface area (Å²) in [5, 5.41) is 2.62. The highest BCUT2D eigenvalue weighted by Gasteiger charge is 2.12. The lowest BCUT2D eigenvalue weighted by Gasteiger charge is -2.08. The van der Waals surface area contributed by atoms with Gasteiger partial charge in [-0.15, -0.1) is 0 Å². The molecule has 8 heteroatoms. The van der Waals surface area contributed by atoms with E-state index < -0.39 is 11.9 Å². The van der Waals surface area contributed by atoms with Gasteiger partial charge in [0, 0.05) is 24.1 Å². The van der Waals surface area contributed by atoms with Gasteiger partial charge in [0.1, 0.15) is 5.75 Å². The molecule has 0 fully saturated rings. The monoisotopic (exact) mass is 302 g/mol. The van der Waals surface area contributed by atoms with E-state index in [-0.39, 0.29) is 18.1 Å². The van der Waals surface area contributed by atoms with Crippen LogP contribution in [0.3, 0.4) is 0 Å². The number of hydrogen-bond donors (Lipinski definition) is 2. The Labute approximate surface area is 126 Å². The molecule has 0 saturated carbocycles. The molecule has 1 heterocycles. The maximum atomic E-state index is 12.1. The smallest absolute Gasteiger partial charge is 0.343 e. The van der Waals surface area contributed by atoms with Gasteiger partial charge >= 0.3 is 5.97 Å². The van der Waals surface area contributed by atoms with Gasteiger partial charge in [0.15, 0.2) is 18.1 Å². The molecule has 0 unspecified atom stereocenters. The minimum absolute atomic E-state index is 0.0309. The zero-order valence-electron chi connectivity index (χ0n) is 11.8. The van der Waals surface area contributed by atoms with E-state index in [0.29, 0.717) is 11.4 Å². The molecule has 0 radical (unpaired) electrons. The van der Waals surface area contributed by atoms with Crippen molar-refractivity contribution in [3.63, 3.8) is 0 Å². The van der Waals surface area contributed by atoms with Gasteiger partial charge in [0.05, 0.1) is 7.11 Å². The van der Waals surface area contributed by atoms with Gasteiger partial charge in [0.25, 0.3) is 5.91 Å². The molecule has 0 spiro atoms. The van der Waals surface area contributed by atoms with E-state index in [1.54, 1.807) is 24.3 Å². The molecule has 8 nitrogen and oxygen atoms in total. The van der Waals surface area contributed by atoms with Crippen LogP contribution in [0.5, 0.6) is 5.75 Å². The lowest BCUT2D eigenvalue weighted by molar-refractivity contribution is -0.142. The van der Waals surface area contributed by atoms with Crippen LogP contribution in [0.2, 0.25) is 0 Å². The number of rotatable bonds is 5. The Morgan fingerprint density at radius 2 is 2.05 bits per heavy atom. The first-order valence-electron chi connectivity index (χ1n) is 6.27. The number of nitrogen functional groups attached to an aromatic ring is 1. The molecule has 0 bridgehead atoms. The van der Waals surface area contributed by atoms with Crippen LogP contribution in [0.15, 0.2) is 36.7 Å². The van der Waals surface area contributed by atoms with E-state index in [1.165, 1.54) is 19.5 Å². The number of nitrogens with two attached hydrogens (primary N) is 1. The second-order valence-electron chi connectivity index (χ2n) is 4.14. The van der Waals surface area contributed by atoms with Crippen molar-refractivity contribution in [1.29, 1.82) is 0 Å². The van der Waals surface area contributed by atoms with Crippen LogP contribution in [-0.4, -0.2) is 35.6 Å². The highest BCUT2D eigenvalue weighted by Crippen LogP contribution is 2.18. The zero-order chi connectivity index (χ0) is 15.9. The van der Waals surface area contributed by atoms with Gasteiger partial charge in [-0.1, -0.05) is 6.07 Å². The van der Waals surface area contributed by atoms with Gasteiger partial charge in [-0.25, -0.2) is 14.8 Å². The number of anilines is 2. The lowest BCUT2D eigenvalue weighted by Crippen LogP contribution is -2.17. The van der Waals surface area contributed by atoms with Gasteiger partial charge < -0.3 is 20.5 Å². The highest BCUT2D eigenvalue weighted by molar-refractivity contribution is 6.05. The van der Waals surface area contributed by atoms with Crippen LogP contribution >= 0.6 is 0 Å². The highest BCUT2D eigenvalue weighted by atomic mass is 16.6. The number of amides is 1. The number of methoxy groups -OCH3 is 1. The third-order valence-corrected chi connectivity index (χ3v) is 2.62. The van der Waals surface area contributed by atoms with Gasteiger partial charge in [-0.2, -0.15) is 0 Å². The molecule has 0 aliphatic rings. The van der Waals surface area contributed by atoms with Crippen molar-refractivity contribution >= 4 is 23.4 Å². The molecule has 1 amide bonds. The standard InChI is InChI=1S/C14H14N4O4/c1-21-11(19)8-22-10-4-2-3-9(7-10)18-14(20)12-13(15)17-6-5-16-12/h2-7H,8H2,1H3,(H2,15,17)(H,18,20). The summed E-state index contributed by atoms with van der Waals surface area (Å²) in [7, 11) is 1.27. The lowest BCUT2D eigenvalue weighted by atomic mass is 10.3. The molecule has 0 aliphatic carbocycles. The molecule has 0 aliphatic heterocycles. The topological polar surface area (TPSA) is 116 Å². The summed E-state index contributed by atoms with van der Waals surface area (Å²) in [6, 6.07) is 6.54. The molecule has 114 valence electrons. The Balaban J connectivity index is 2.05. The maximum absolute atomic E-state index is 12.1. The minimum atomic E-state index is -0.498. The fraction of sp³-hybridized carbons (Fsp3) is 0.143. The number of carbonyl (C=O) groups excluding carboxylic acids is 2. The molecule has 0 atom stereocenters. The third kappa shape index (κ3) is 3.92. The molecular weight excluding hydrogens is 288 g/mol. The Bertz CT molecular complexity index is 690. The SMILES string of the molecule is COC(=O)COc1cccc(NC(=O)c2nccnc2N)c1. The molecule has 2 aromatic rings. The van der Waals surface area contributed by atoms with Crippen molar-refractivity contribution in [2.45, 2.75) is 0 Å². The van der Waals surface area contributed by atoms with Crippen molar-refractivity contribution < 1.29 is 19.1 Å². The number of nitrogens with zero attached hydrogens (tertiary/aromatic N) is 2. The second kappa shape index (κ2) is 7.02. The predicted molar refractivity (Wildman–Crippen MR) is 78.4 cm³/mol. The molecule has 0 saturated heterocycles. The summed E-state index contributed by atoms with van der Waals surface area (Å²) in [6.07, 6.45) is 2.77. The van der Waals surface area contributed by atoms with Crippen LogP contribution < -0.4 is 15.8 Å². The van der Waals surface area contributed by atoms with Crippen molar-refractivity contribution in [2.75, 3.05) is 24.8 Å². The van der Waals surface area contributed by atoms with Crippen LogP contribution in [0.1, 0.15) is 10.5 Å². The molecule has 1 aromatic heterocycles. The fourth-order valence-corrected chi connectivity index (χ4v) is 1.58. The second-order valence-corrected chi connectivity index (χ2v) is 4.14. The van der Waals surface area contributed by atoms with Gasteiger partial charge in [-0.3, -0.25) is 4.79 Å². The number of benzene rings is 1. The van der Waals surface area contributed by atoms with E-state index in [0.717, 1.165) is 0 Å². The number of nitrogens with one attached hydrogen (secondary N) is 1. The van der Waals surface area contributed by atoms with E-state index >= 15 is 0 Å². The fourth-order valence-electron chi connectivity index (χ4n) is 1.58. The van der Waals surface area contributed by atoms with Crippen LogP contribution in [0.25, 0.3) is 0 Å². The summed E-state index contributed by atoms with van der Waals surface area (Å²) < 4.78 is 9.71. The van der Waals surface area contributed by atoms with Crippen LogP contribution in [0, 0.1) is 0 Å². The summed E-state index contributed by atoms with van der Waals surface area (Å²) in [5.41, 5.74) is 6.09. The maximum Gasteiger partial charge on any atom is 0.343 e. The van der Waals surface area contributed by atoms with Crippen molar-refractivity contribution in [1.82, 2.24) is 9.97 Å². The first-order valence-corrected chi connectivity index (χ1v) is 6.27. The molecule has 1 aromatic carbocycles. The van der Waals surface area contributed by atoms with Gasteiger partial charge in [-0.05, 0) is 12.1 Å². The predicted octanol–water partition coefficient (Wildman–Crippen LogP) is 0.863. The molecular formula is C14H14N4O4. The van der Waals surface area contributed by atoms with Gasteiger partial charge in [0.2, 0.25) is 0 Å². The van der Waals surface area contributed by atoms with E-state index in [9.17, 15) is 9.59 Å². The largest absolute Gasteiger partial charge is 0.482 e. The van der Waals surface area contributed by atoms with Crippen LogP contribution in [-0.2, 0) is 9.53 Å². The molecule has 22 heavy (non-hydrogen) atoms. The first kappa shape index (κ1) is 15.2. The number of esters is 1. The Kier molecular flexibility index (Phi) is 4.86. The van der Waals surface area contributed by atoms with Crippen LogP contribution in [0.4, 0.5) is 11.5 Å². The first-order chi connectivity index (χ1) is 10.6. The normalized spacial score (nSPS) is 9.86. The Hall–Kier alpha value is -3.16. The number of carbonyl (C=O) groups is 2. The number of aromatic nitrogens is 2. The summed E-state index contributed by atoms with van der Waals surface area (Å²) in [4.78, 5) is 30.7. The summed E-state index contributed by atoms with van der Waals surface area (Å²) >= 11 is 0. The van der Waals surface area contributed by atoms with Crippen molar-refractivity contribution in [3.8, 4) is 5.75 Å². The summed E-state index contributed by atoms with van der Waals surface area (Å²) in [6.45, 7) is -0.217. The minimum Gasteiger partial charge on any atom is -0.482 e. The van der Waals surface area contributed by atoms with Crippen molar-refractivity contribution in [3.05, 3.63) is 42.4 Å². The van der Waals surface area contributed by atoms with Crippen molar-refractivity contribution in [2.24, 2.45) is 0 Å². The van der Waals surface area contributed by atoms with E-state index in [4.69, 9.17) is 10.5 Å². The molecule has 3 N–H and O–H groups in total. The van der Waals surface area contributed by atoms with E-state index in [1.807, 2.05) is 0 Å².